The molecule has 0 unspecified atom stereocenters. The van der Waals surface area contributed by atoms with E-state index >= 15 is 0 Å². The van der Waals surface area contributed by atoms with Gasteiger partial charge in [0, 0.05) is 23.5 Å². The number of thiophene rings is 1. The number of hydrogen-bond acceptors (Lipinski definition) is 2. The summed E-state index contributed by atoms with van der Waals surface area (Å²) in [6, 6.07) is 8.34. The van der Waals surface area contributed by atoms with Crippen molar-refractivity contribution in [3.05, 3.63) is 35.2 Å². The summed E-state index contributed by atoms with van der Waals surface area (Å²) >= 11 is 7.24. The van der Waals surface area contributed by atoms with Crippen LogP contribution in [0.25, 0.3) is 10.1 Å². The molecule has 0 bridgehead atoms. The number of alkyl halides is 1. The zero-order valence-corrected chi connectivity index (χ0v) is 11.0. The molecule has 1 amide bonds. The molecule has 1 heterocycles. The molecule has 0 saturated carbocycles. The third-order valence-electron chi connectivity index (χ3n) is 2.60. The van der Waals surface area contributed by atoms with Crippen molar-refractivity contribution in [1.82, 2.24) is 5.32 Å². The summed E-state index contributed by atoms with van der Waals surface area (Å²) in [5.41, 5.74) is 1.30. The molecule has 2 nitrogen and oxygen atoms in total. The van der Waals surface area contributed by atoms with Gasteiger partial charge in [0.15, 0.2) is 0 Å². The lowest BCUT2D eigenvalue weighted by Gasteiger charge is -2.03. The fourth-order valence-corrected chi connectivity index (χ4v) is 2.91. The predicted molar refractivity (Wildman–Crippen MR) is 73.9 cm³/mol. The second-order valence-corrected chi connectivity index (χ2v) is 5.09. The molecule has 4 heteroatoms. The highest BCUT2D eigenvalue weighted by atomic mass is 35.5. The van der Waals surface area contributed by atoms with Crippen LogP contribution < -0.4 is 5.32 Å². The van der Waals surface area contributed by atoms with Crippen LogP contribution in [0.15, 0.2) is 29.6 Å². The van der Waals surface area contributed by atoms with E-state index in [2.05, 4.69) is 22.8 Å². The summed E-state index contributed by atoms with van der Waals surface area (Å²) < 4.78 is 1.30. The molecule has 1 N–H and O–H groups in total. The summed E-state index contributed by atoms with van der Waals surface area (Å²) in [6.07, 6.45) is 1.27. The summed E-state index contributed by atoms with van der Waals surface area (Å²) in [5.74, 6) is 0.410. The maximum atomic E-state index is 11.2. The third-order valence-corrected chi connectivity index (χ3v) is 3.80. The first kappa shape index (κ1) is 12.4. The van der Waals surface area contributed by atoms with Gasteiger partial charge < -0.3 is 5.32 Å². The highest BCUT2D eigenvalue weighted by molar-refractivity contribution is 7.17. The molecule has 2 aromatic rings. The SMILES string of the molecule is O=C(CCCl)NCCc1csc2ccccc12. The molecular weight excluding hydrogens is 254 g/mol. The van der Waals surface area contributed by atoms with Gasteiger partial charge in [-0.1, -0.05) is 18.2 Å². The molecule has 0 spiro atoms. The highest BCUT2D eigenvalue weighted by Gasteiger charge is 2.04. The van der Waals surface area contributed by atoms with Crippen molar-refractivity contribution in [1.29, 1.82) is 0 Å². The van der Waals surface area contributed by atoms with E-state index < -0.39 is 0 Å². The van der Waals surface area contributed by atoms with Crippen LogP contribution in [0, 0.1) is 0 Å². The van der Waals surface area contributed by atoms with Crippen molar-refractivity contribution >= 4 is 38.9 Å². The van der Waals surface area contributed by atoms with E-state index in [0.717, 1.165) is 6.42 Å². The van der Waals surface area contributed by atoms with E-state index in [0.29, 0.717) is 18.8 Å². The van der Waals surface area contributed by atoms with Gasteiger partial charge in [-0.2, -0.15) is 0 Å². The normalized spacial score (nSPS) is 10.6. The van der Waals surface area contributed by atoms with Crippen LogP contribution in [0.3, 0.4) is 0 Å². The molecule has 0 aliphatic heterocycles. The molecule has 2 rings (SSSR count). The minimum atomic E-state index is 0.0273. The van der Waals surface area contributed by atoms with Crippen LogP contribution in [0.1, 0.15) is 12.0 Å². The Morgan fingerprint density at radius 1 is 1.35 bits per heavy atom. The van der Waals surface area contributed by atoms with Gasteiger partial charge in [0.1, 0.15) is 0 Å². The van der Waals surface area contributed by atoms with E-state index in [-0.39, 0.29) is 5.91 Å². The number of hydrogen-bond donors (Lipinski definition) is 1. The summed E-state index contributed by atoms with van der Waals surface area (Å²) in [7, 11) is 0. The second-order valence-electron chi connectivity index (χ2n) is 3.80. The Labute approximate surface area is 110 Å². The smallest absolute Gasteiger partial charge is 0.221 e. The van der Waals surface area contributed by atoms with Crippen LogP contribution in [0.2, 0.25) is 0 Å². The van der Waals surface area contributed by atoms with Crippen molar-refractivity contribution in [2.24, 2.45) is 0 Å². The summed E-state index contributed by atoms with van der Waals surface area (Å²) in [4.78, 5) is 11.2. The van der Waals surface area contributed by atoms with Gasteiger partial charge in [0.25, 0.3) is 0 Å². The third kappa shape index (κ3) is 3.20. The predicted octanol–water partition coefficient (Wildman–Crippen LogP) is 3.19. The molecular formula is C13H14ClNOS. The number of halogens is 1. The maximum Gasteiger partial charge on any atom is 0.221 e. The lowest BCUT2D eigenvalue weighted by molar-refractivity contribution is -0.120. The fourth-order valence-electron chi connectivity index (χ4n) is 1.74. The Bertz CT molecular complexity index is 509. The van der Waals surface area contributed by atoms with E-state index in [9.17, 15) is 4.79 Å². The summed E-state index contributed by atoms with van der Waals surface area (Å²) in [6.45, 7) is 0.677. The van der Waals surface area contributed by atoms with E-state index in [4.69, 9.17) is 11.6 Å². The summed E-state index contributed by atoms with van der Waals surface area (Å²) in [5, 5.41) is 6.33. The first-order valence-electron chi connectivity index (χ1n) is 5.59. The Balaban J connectivity index is 1.93. The molecule has 1 aromatic carbocycles. The molecule has 1 aromatic heterocycles. The molecule has 17 heavy (non-hydrogen) atoms. The average Bonchev–Trinajstić information content (AvgIpc) is 2.73. The topological polar surface area (TPSA) is 29.1 Å². The van der Waals surface area contributed by atoms with Gasteiger partial charge >= 0.3 is 0 Å². The van der Waals surface area contributed by atoms with Crippen LogP contribution in [0.5, 0.6) is 0 Å². The standard InChI is InChI=1S/C13H14ClNOS/c14-7-5-13(16)15-8-6-10-9-17-12-4-2-1-3-11(10)12/h1-4,9H,5-8H2,(H,15,16). The first-order chi connectivity index (χ1) is 8.31. The van der Waals surface area contributed by atoms with Crippen molar-refractivity contribution in [3.63, 3.8) is 0 Å². The largest absolute Gasteiger partial charge is 0.356 e. The highest BCUT2D eigenvalue weighted by Crippen LogP contribution is 2.25. The molecule has 0 aliphatic carbocycles. The molecule has 0 aliphatic rings. The molecule has 0 saturated heterocycles. The van der Waals surface area contributed by atoms with Crippen LogP contribution >= 0.6 is 22.9 Å². The van der Waals surface area contributed by atoms with Crippen LogP contribution in [0.4, 0.5) is 0 Å². The van der Waals surface area contributed by atoms with Crippen molar-refractivity contribution < 1.29 is 4.79 Å². The number of carbonyl (C=O) groups excluding carboxylic acids is 1. The van der Waals surface area contributed by atoms with Gasteiger partial charge in [-0.15, -0.1) is 22.9 Å². The number of carbonyl (C=O) groups is 1. The Morgan fingerprint density at radius 3 is 3.00 bits per heavy atom. The average molecular weight is 268 g/mol. The van der Waals surface area contributed by atoms with Gasteiger partial charge in [-0.3, -0.25) is 4.79 Å². The van der Waals surface area contributed by atoms with E-state index in [1.54, 1.807) is 11.3 Å². The van der Waals surface area contributed by atoms with Crippen molar-refractivity contribution in [2.45, 2.75) is 12.8 Å². The molecule has 0 atom stereocenters. The van der Waals surface area contributed by atoms with Crippen LogP contribution in [-0.2, 0) is 11.2 Å². The van der Waals surface area contributed by atoms with E-state index in [1.165, 1.54) is 15.6 Å². The number of benzene rings is 1. The molecule has 90 valence electrons. The van der Waals surface area contributed by atoms with Gasteiger partial charge in [0.05, 0.1) is 0 Å². The van der Waals surface area contributed by atoms with Crippen molar-refractivity contribution in [3.8, 4) is 0 Å². The number of rotatable bonds is 5. The second kappa shape index (κ2) is 6.03. The van der Waals surface area contributed by atoms with Gasteiger partial charge in [-0.25, -0.2) is 0 Å². The van der Waals surface area contributed by atoms with E-state index in [1.807, 2.05) is 12.1 Å². The minimum Gasteiger partial charge on any atom is -0.356 e. The zero-order chi connectivity index (χ0) is 12.1. The molecule has 0 radical (unpaired) electrons. The Morgan fingerprint density at radius 2 is 2.18 bits per heavy atom. The zero-order valence-electron chi connectivity index (χ0n) is 9.41. The number of fused-ring (bicyclic) bond motifs is 1. The lowest BCUT2D eigenvalue weighted by Crippen LogP contribution is -2.25. The quantitative estimate of drug-likeness (QED) is 0.829. The number of amides is 1. The maximum absolute atomic E-state index is 11.2. The first-order valence-corrected chi connectivity index (χ1v) is 7.00. The van der Waals surface area contributed by atoms with Gasteiger partial charge in [-0.05, 0) is 28.8 Å². The lowest BCUT2D eigenvalue weighted by atomic mass is 10.1. The fraction of sp³-hybridized carbons (Fsp3) is 0.308. The molecule has 0 fully saturated rings. The number of nitrogens with one attached hydrogen (secondary N) is 1. The minimum absolute atomic E-state index is 0.0273. The van der Waals surface area contributed by atoms with Gasteiger partial charge in [0.2, 0.25) is 5.91 Å². The Hall–Kier alpha value is -1.06. The van der Waals surface area contributed by atoms with Crippen LogP contribution in [-0.4, -0.2) is 18.3 Å². The Kier molecular flexibility index (Phi) is 4.40. The monoisotopic (exact) mass is 267 g/mol. The van der Waals surface area contributed by atoms with Crippen molar-refractivity contribution in [2.75, 3.05) is 12.4 Å².